The van der Waals surface area contributed by atoms with E-state index >= 15 is 0 Å². The fraction of sp³-hybridized carbons (Fsp3) is 0.364. The van der Waals surface area contributed by atoms with Crippen LogP contribution in [0.2, 0.25) is 0 Å². The number of aliphatic hydroxyl groups is 1. The van der Waals surface area contributed by atoms with Gasteiger partial charge in [0.05, 0.1) is 13.8 Å². The molecule has 1 N–H and O–H groups in total. The van der Waals surface area contributed by atoms with Crippen molar-refractivity contribution in [1.82, 2.24) is 0 Å². The second-order valence-electron chi connectivity index (χ2n) is 2.54. The van der Waals surface area contributed by atoms with Gasteiger partial charge in [-0.2, -0.15) is 0 Å². The Kier molecular flexibility index (Phi) is 1.90. The van der Waals surface area contributed by atoms with E-state index in [9.17, 15) is 9.90 Å². The van der Waals surface area contributed by atoms with Gasteiger partial charge in [0.1, 0.15) is 6.61 Å². The summed E-state index contributed by atoms with van der Waals surface area (Å²) in [5.41, 5.74) is 0.569. The van der Waals surface area contributed by atoms with Crippen LogP contribution in [0.4, 0.5) is 0 Å². The van der Waals surface area contributed by atoms with Crippen molar-refractivity contribution in [2.75, 3.05) is 0 Å². The molecule has 0 saturated heterocycles. The summed E-state index contributed by atoms with van der Waals surface area (Å²) in [5.74, 6) is -1.60. The Morgan fingerprint density at radius 2 is 2.43 bits per heavy atom. The third kappa shape index (κ3) is 4.05. The summed E-state index contributed by atoms with van der Waals surface area (Å²) in [7, 11) is 0. The molecule has 3 heteroatoms. The van der Waals surface area contributed by atoms with Gasteiger partial charge in [0.15, 0.2) is 0 Å². The van der Waals surface area contributed by atoms with Gasteiger partial charge < -0.3 is 9.84 Å². The summed E-state index contributed by atoms with van der Waals surface area (Å²) in [4.78, 5) is 11.6. The Balaban J connectivity index is 2.80. The van der Waals surface area contributed by atoms with E-state index < -0.39 is 25.3 Å². The van der Waals surface area contributed by atoms with E-state index in [0.717, 1.165) is 0 Å². The highest BCUT2D eigenvalue weighted by molar-refractivity contribution is 5.69. The molecule has 0 aliphatic heterocycles. The maximum absolute atomic E-state index is 11.6. The van der Waals surface area contributed by atoms with Crippen LogP contribution in [-0.2, 0) is 16.1 Å². The normalized spacial score (nSPS) is 22.6. The highest BCUT2D eigenvalue weighted by Gasteiger charge is 2.06. The van der Waals surface area contributed by atoms with Gasteiger partial charge in [0.2, 0.25) is 0 Å². The molecular formula is C11H14O3. The van der Waals surface area contributed by atoms with Crippen molar-refractivity contribution in [3.05, 3.63) is 35.9 Å². The molecule has 0 amide bonds. The molecule has 14 heavy (non-hydrogen) atoms. The summed E-state index contributed by atoms with van der Waals surface area (Å²) in [6.07, 6.45) is -6.97. The monoisotopic (exact) mass is 200 g/mol. The maximum atomic E-state index is 11.6. The van der Waals surface area contributed by atoms with Crippen molar-refractivity contribution in [1.29, 1.82) is 0 Å². The number of benzene rings is 1. The van der Waals surface area contributed by atoms with Gasteiger partial charge in [-0.3, -0.25) is 4.79 Å². The van der Waals surface area contributed by atoms with E-state index in [1.54, 1.807) is 30.3 Å². The Labute approximate surface area is 91.8 Å². The quantitative estimate of drug-likeness (QED) is 0.749. The number of ether oxygens (including phenoxy) is 1. The minimum Gasteiger partial charge on any atom is -0.461 e. The third-order valence-electron chi connectivity index (χ3n) is 1.43. The first-order chi connectivity index (χ1) is 9.00. The van der Waals surface area contributed by atoms with Gasteiger partial charge in [0, 0.05) is 6.85 Å². The van der Waals surface area contributed by atoms with Gasteiger partial charge in [-0.1, -0.05) is 30.3 Å². The van der Waals surface area contributed by atoms with Gasteiger partial charge in [-0.25, -0.2) is 0 Å². The Hall–Kier alpha value is -1.35. The van der Waals surface area contributed by atoms with Crippen LogP contribution < -0.4 is 0 Å². The molecule has 0 radical (unpaired) electrons. The number of esters is 1. The maximum Gasteiger partial charge on any atom is 0.308 e. The minimum absolute atomic E-state index is 0.281. The first-order valence-electron chi connectivity index (χ1n) is 6.93. The van der Waals surface area contributed by atoms with Crippen LogP contribution in [-0.4, -0.2) is 17.2 Å². The molecule has 76 valence electrons. The SMILES string of the molecule is [2H]C([2H])([2H])[C@@]([2H])(O)C([2H])([2H])C(=O)OCc1ccccc1. The fourth-order valence-electron chi connectivity index (χ4n) is 0.856. The minimum atomic E-state index is -3.59. The molecular weight excluding hydrogens is 180 g/mol. The van der Waals surface area contributed by atoms with E-state index in [4.69, 9.17) is 8.22 Å². The van der Waals surface area contributed by atoms with Crippen molar-refractivity contribution in [3.8, 4) is 0 Å². The molecule has 1 rings (SSSR count). The van der Waals surface area contributed by atoms with Crippen molar-refractivity contribution in [3.63, 3.8) is 0 Å². The van der Waals surface area contributed by atoms with Crippen molar-refractivity contribution in [2.24, 2.45) is 0 Å². The van der Waals surface area contributed by atoms with Crippen LogP contribution in [0.15, 0.2) is 30.3 Å². The summed E-state index contributed by atoms with van der Waals surface area (Å²) < 4.78 is 47.3. The largest absolute Gasteiger partial charge is 0.461 e. The zero-order chi connectivity index (χ0) is 15.6. The lowest BCUT2D eigenvalue weighted by atomic mass is 10.2. The molecule has 0 bridgehead atoms. The lowest BCUT2D eigenvalue weighted by Crippen LogP contribution is -2.12. The predicted octanol–water partition coefficient (Wildman–Crippen LogP) is 1.50. The molecule has 1 aromatic carbocycles. The molecule has 0 fully saturated rings. The Morgan fingerprint density at radius 1 is 1.71 bits per heavy atom. The van der Waals surface area contributed by atoms with Gasteiger partial charge in [0.25, 0.3) is 0 Å². The standard InChI is InChI=1S/C11H14O3/c1-9(12)7-11(13)14-8-10-5-3-2-4-6-10/h2-6,9,12H,7-8H2,1H3/t9-/m1/s1/i1D3,7D2,9D. The molecule has 0 aliphatic carbocycles. The summed E-state index contributed by atoms with van der Waals surface area (Å²) in [5, 5.41) is 9.47. The van der Waals surface area contributed by atoms with Gasteiger partial charge >= 0.3 is 5.97 Å². The van der Waals surface area contributed by atoms with E-state index in [0.29, 0.717) is 5.56 Å². The summed E-state index contributed by atoms with van der Waals surface area (Å²) >= 11 is 0. The first-order valence-corrected chi connectivity index (χ1v) is 3.93. The topological polar surface area (TPSA) is 46.5 Å². The molecule has 0 aromatic heterocycles. The number of hydrogen-bond acceptors (Lipinski definition) is 3. The van der Waals surface area contributed by atoms with Crippen molar-refractivity contribution in [2.45, 2.75) is 25.9 Å². The number of rotatable bonds is 4. The van der Waals surface area contributed by atoms with Crippen LogP contribution in [0.3, 0.4) is 0 Å². The molecule has 0 aliphatic rings. The molecule has 0 unspecified atom stereocenters. The lowest BCUT2D eigenvalue weighted by molar-refractivity contribution is -0.146. The van der Waals surface area contributed by atoms with Crippen LogP contribution in [0.1, 0.15) is 27.0 Å². The molecule has 0 heterocycles. The number of carbonyl (C=O) groups is 1. The van der Waals surface area contributed by atoms with Crippen molar-refractivity contribution < 1.29 is 22.9 Å². The predicted molar refractivity (Wildman–Crippen MR) is 52.5 cm³/mol. The average Bonchev–Trinajstić information content (AvgIpc) is 2.35. The van der Waals surface area contributed by atoms with Gasteiger partial charge in [-0.05, 0) is 12.4 Å². The number of carbonyl (C=O) groups excluding carboxylic acids is 1. The second kappa shape index (κ2) is 5.40. The summed E-state index contributed by atoms with van der Waals surface area (Å²) in [6.45, 7) is -3.67. The van der Waals surface area contributed by atoms with E-state index in [2.05, 4.69) is 4.74 Å². The molecule has 1 atom stereocenters. The zero-order valence-electron chi connectivity index (χ0n) is 13.4. The Bertz CT molecular complexity index is 469. The van der Waals surface area contributed by atoms with Crippen LogP contribution in [0.5, 0.6) is 0 Å². The Morgan fingerprint density at radius 3 is 3.07 bits per heavy atom. The molecule has 0 spiro atoms. The zero-order valence-corrected chi connectivity index (χ0v) is 7.36. The third-order valence-corrected chi connectivity index (χ3v) is 1.43. The number of hydrogen-bond donors (Lipinski definition) is 1. The second-order valence-corrected chi connectivity index (χ2v) is 2.54. The fourth-order valence-corrected chi connectivity index (χ4v) is 0.856. The van der Waals surface area contributed by atoms with Crippen molar-refractivity contribution >= 4 is 5.97 Å². The smallest absolute Gasteiger partial charge is 0.308 e. The highest BCUT2D eigenvalue weighted by atomic mass is 16.5. The summed E-state index contributed by atoms with van der Waals surface area (Å²) in [6, 6.07) is 8.35. The molecule has 1 aromatic rings. The van der Waals surface area contributed by atoms with Crippen LogP contribution >= 0.6 is 0 Å². The van der Waals surface area contributed by atoms with Gasteiger partial charge in [-0.15, -0.1) is 0 Å². The van der Waals surface area contributed by atoms with E-state index in [1.165, 1.54) is 0 Å². The average molecular weight is 200 g/mol. The lowest BCUT2D eigenvalue weighted by Gasteiger charge is -2.05. The highest BCUT2D eigenvalue weighted by Crippen LogP contribution is 2.02. The first kappa shape index (κ1) is 4.94. The van der Waals surface area contributed by atoms with E-state index in [-0.39, 0.29) is 6.61 Å². The van der Waals surface area contributed by atoms with Crippen LogP contribution in [0, 0.1) is 0 Å². The van der Waals surface area contributed by atoms with E-state index in [1.807, 2.05) is 0 Å². The van der Waals surface area contributed by atoms with Crippen LogP contribution in [0.25, 0.3) is 0 Å². The molecule has 3 nitrogen and oxygen atoms in total. The molecule has 0 saturated carbocycles.